The van der Waals surface area contributed by atoms with Crippen molar-refractivity contribution in [1.29, 1.82) is 0 Å². The normalized spacial score (nSPS) is 13.3. The van der Waals surface area contributed by atoms with Crippen LogP contribution in [0.25, 0.3) is 0 Å². The van der Waals surface area contributed by atoms with Gasteiger partial charge in [0, 0.05) is 48.1 Å². The number of hydrogen-bond donors (Lipinski definition) is 2. The largest absolute Gasteiger partial charge is 0.368 e. The smallest absolute Gasteiger partial charge is 0.258 e. The Balaban J connectivity index is 1.29. The van der Waals surface area contributed by atoms with Crippen LogP contribution in [0, 0.1) is 6.92 Å². The van der Waals surface area contributed by atoms with Gasteiger partial charge >= 0.3 is 0 Å². The number of thiocarbonyl (C=S) groups is 1. The lowest BCUT2D eigenvalue weighted by atomic mass is 10.1. The molecule has 1 fully saturated rings. The molecule has 6 nitrogen and oxygen atoms in total. The zero-order valence-electron chi connectivity index (χ0n) is 19.1. The summed E-state index contributed by atoms with van der Waals surface area (Å²) in [5.74, 6) is -0.349. The summed E-state index contributed by atoms with van der Waals surface area (Å²) in [4.78, 5) is 29.3. The molecule has 2 N–H and O–H groups in total. The van der Waals surface area contributed by atoms with Crippen molar-refractivity contribution in [2.45, 2.75) is 6.92 Å². The number of carbonyl (C=O) groups excluding carboxylic acids is 2. The quantitative estimate of drug-likeness (QED) is 0.446. The van der Waals surface area contributed by atoms with Crippen molar-refractivity contribution in [3.05, 3.63) is 93.5 Å². The van der Waals surface area contributed by atoms with Crippen LogP contribution in [-0.2, 0) is 0 Å². The molecule has 0 saturated carbocycles. The Kier molecular flexibility index (Phi) is 7.90. The average Bonchev–Trinajstić information content (AvgIpc) is 2.84. The summed E-state index contributed by atoms with van der Waals surface area (Å²) in [5, 5.41) is 6.86. The van der Waals surface area contributed by atoms with Gasteiger partial charge in [0.15, 0.2) is 5.11 Å². The highest BCUT2D eigenvalue weighted by atomic mass is 35.5. The fourth-order valence-corrected chi connectivity index (χ4v) is 4.49. The number of halogens is 2. The maximum Gasteiger partial charge on any atom is 0.258 e. The number of nitrogens with zero attached hydrogens (tertiary/aromatic N) is 2. The lowest BCUT2D eigenvalue weighted by molar-refractivity contribution is 0.0746. The van der Waals surface area contributed by atoms with Crippen LogP contribution in [0.15, 0.2) is 66.7 Å². The fourth-order valence-electron chi connectivity index (χ4n) is 3.84. The van der Waals surface area contributed by atoms with Gasteiger partial charge in [0.25, 0.3) is 11.8 Å². The summed E-state index contributed by atoms with van der Waals surface area (Å²) in [6.07, 6.45) is 0. The van der Waals surface area contributed by atoms with Crippen molar-refractivity contribution < 1.29 is 9.59 Å². The van der Waals surface area contributed by atoms with Crippen molar-refractivity contribution >= 4 is 63.7 Å². The Hall–Kier alpha value is -3.13. The number of anilines is 2. The maximum atomic E-state index is 12.7. The second-order valence-corrected chi connectivity index (χ2v) is 9.48. The second-order valence-electron chi connectivity index (χ2n) is 8.22. The first kappa shape index (κ1) is 25.0. The molecule has 0 bridgehead atoms. The number of carbonyl (C=O) groups is 2. The van der Waals surface area contributed by atoms with E-state index in [0.717, 1.165) is 30.0 Å². The standard InChI is InChI=1S/C26H24Cl2N4O2S/c1-17-2-11-22(23(28)16-17)24(33)30-26(35)29-20-7-9-21(10-8-20)31-12-14-32(15-13-31)25(34)18-3-5-19(27)6-4-18/h2-11,16H,12-15H2,1H3,(H2,29,30,33,35). The molecule has 0 aliphatic carbocycles. The molecule has 0 spiro atoms. The topological polar surface area (TPSA) is 64.7 Å². The van der Waals surface area contributed by atoms with Gasteiger partial charge in [0.1, 0.15) is 0 Å². The third-order valence-corrected chi connectivity index (χ3v) is 6.51. The summed E-state index contributed by atoms with van der Waals surface area (Å²) in [5.41, 5.74) is 3.79. The van der Waals surface area contributed by atoms with Crippen molar-refractivity contribution in [2.24, 2.45) is 0 Å². The summed E-state index contributed by atoms with van der Waals surface area (Å²) < 4.78 is 0. The number of amides is 2. The molecule has 3 aromatic rings. The third-order valence-electron chi connectivity index (χ3n) is 5.74. The van der Waals surface area contributed by atoms with E-state index in [1.54, 1.807) is 36.4 Å². The van der Waals surface area contributed by atoms with E-state index in [1.165, 1.54) is 0 Å². The molecule has 0 radical (unpaired) electrons. The van der Waals surface area contributed by atoms with Crippen LogP contribution < -0.4 is 15.5 Å². The van der Waals surface area contributed by atoms with Crippen molar-refractivity contribution in [3.8, 4) is 0 Å². The van der Waals surface area contributed by atoms with Crippen LogP contribution in [0.2, 0.25) is 10.0 Å². The highest BCUT2D eigenvalue weighted by Gasteiger charge is 2.22. The van der Waals surface area contributed by atoms with Gasteiger partial charge in [-0.1, -0.05) is 29.3 Å². The van der Waals surface area contributed by atoms with Gasteiger partial charge in [-0.05, 0) is 85.4 Å². The third kappa shape index (κ3) is 6.31. The predicted molar refractivity (Wildman–Crippen MR) is 146 cm³/mol. The monoisotopic (exact) mass is 526 g/mol. The summed E-state index contributed by atoms with van der Waals surface area (Å²) >= 11 is 17.4. The van der Waals surface area contributed by atoms with Crippen LogP contribution in [0.5, 0.6) is 0 Å². The van der Waals surface area contributed by atoms with Crippen molar-refractivity contribution in [3.63, 3.8) is 0 Å². The van der Waals surface area contributed by atoms with E-state index < -0.39 is 0 Å². The molecule has 0 aromatic heterocycles. The molecule has 3 aromatic carbocycles. The molecule has 0 unspecified atom stereocenters. The van der Waals surface area contributed by atoms with E-state index in [2.05, 4.69) is 15.5 Å². The first-order valence-electron chi connectivity index (χ1n) is 11.1. The van der Waals surface area contributed by atoms with Gasteiger partial charge in [0.2, 0.25) is 0 Å². The average molecular weight is 527 g/mol. The Morgan fingerprint density at radius 2 is 1.54 bits per heavy atom. The summed E-state index contributed by atoms with van der Waals surface area (Å²) in [6, 6.07) is 20.0. The van der Waals surface area contributed by atoms with Gasteiger partial charge in [-0.25, -0.2) is 0 Å². The number of aryl methyl sites for hydroxylation is 1. The second kappa shape index (κ2) is 11.1. The number of hydrogen-bond acceptors (Lipinski definition) is 4. The minimum atomic E-state index is -0.366. The molecular weight excluding hydrogens is 503 g/mol. The Bertz CT molecular complexity index is 1240. The first-order chi connectivity index (χ1) is 16.8. The predicted octanol–water partition coefficient (Wildman–Crippen LogP) is 5.39. The number of benzene rings is 3. The highest BCUT2D eigenvalue weighted by Crippen LogP contribution is 2.21. The molecule has 1 aliphatic heterocycles. The molecule has 1 saturated heterocycles. The van der Waals surface area contributed by atoms with Gasteiger partial charge in [-0.3, -0.25) is 14.9 Å². The Morgan fingerprint density at radius 3 is 2.17 bits per heavy atom. The number of nitrogens with one attached hydrogen (secondary N) is 2. The minimum Gasteiger partial charge on any atom is -0.368 e. The van der Waals surface area contributed by atoms with Crippen LogP contribution in [-0.4, -0.2) is 48.0 Å². The molecule has 180 valence electrons. The van der Waals surface area contributed by atoms with Crippen LogP contribution in [0.1, 0.15) is 26.3 Å². The Morgan fingerprint density at radius 1 is 0.886 bits per heavy atom. The summed E-state index contributed by atoms with van der Waals surface area (Å²) in [6.45, 7) is 4.65. The zero-order chi connectivity index (χ0) is 24.9. The zero-order valence-corrected chi connectivity index (χ0v) is 21.4. The van der Waals surface area contributed by atoms with Crippen LogP contribution in [0.3, 0.4) is 0 Å². The van der Waals surface area contributed by atoms with E-state index in [-0.39, 0.29) is 16.9 Å². The molecule has 1 heterocycles. The van der Waals surface area contributed by atoms with E-state index in [9.17, 15) is 9.59 Å². The lowest BCUT2D eigenvalue weighted by Crippen LogP contribution is -2.48. The number of rotatable bonds is 4. The van der Waals surface area contributed by atoms with Gasteiger partial charge in [0.05, 0.1) is 10.6 Å². The van der Waals surface area contributed by atoms with E-state index >= 15 is 0 Å². The summed E-state index contributed by atoms with van der Waals surface area (Å²) in [7, 11) is 0. The molecular formula is C26H24Cl2N4O2S. The lowest BCUT2D eigenvalue weighted by Gasteiger charge is -2.36. The van der Waals surface area contributed by atoms with Crippen molar-refractivity contribution in [1.82, 2.24) is 10.2 Å². The number of piperazine rings is 1. The molecule has 0 atom stereocenters. The van der Waals surface area contributed by atoms with Gasteiger partial charge < -0.3 is 15.1 Å². The minimum absolute atomic E-state index is 0.0170. The van der Waals surface area contributed by atoms with E-state index in [0.29, 0.717) is 34.3 Å². The molecule has 9 heteroatoms. The van der Waals surface area contributed by atoms with Gasteiger partial charge in [-0.2, -0.15) is 0 Å². The molecule has 4 rings (SSSR count). The van der Waals surface area contributed by atoms with Crippen LogP contribution >= 0.6 is 35.4 Å². The SMILES string of the molecule is Cc1ccc(C(=O)NC(=S)Nc2ccc(N3CCN(C(=O)c4ccc(Cl)cc4)CC3)cc2)c(Cl)c1. The highest BCUT2D eigenvalue weighted by molar-refractivity contribution is 7.80. The molecule has 1 aliphatic rings. The van der Waals surface area contributed by atoms with Crippen molar-refractivity contribution in [2.75, 3.05) is 36.4 Å². The molecule has 35 heavy (non-hydrogen) atoms. The maximum absolute atomic E-state index is 12.7. The van der Waals surface area contributed by atoms with E-state index in [4.69, 9.17) is 35.4 Å². The van der Waals surface area contributed by atoms with Gasteiger partial charge in [-0.15, -0.1) is 0 Å². The Labute approximate surface area is 219 Å². The fraction of sp³-hybridized carbons (Fsp3) is 0.192. The van der Waals surface area contributed by atoms with Crippen LogP contribution in [0.4, 0.5) is 11.4 Å². The first-order valence-corrected chi connectivity index (χ1v) is 12.2. The van der Waals surface area contributed by atoms with E-state index in [1.807, 2.05) is 42.2 Å². The molecule has 2 amide bonds.